The predicted octanol–water partition coefficient (Wildman–Crippen LogP) is 6.54. The fourth-order valence-electron chi connectivity index (χ4n) is 4.23. The van der Waals surface area contributed by atoms with Crippen LogP contribution in [0.25, 0.3) is 11.1 Å². The fourth-order valence-corrected chi connectivity index (χ4v) is 4.36. The number of amides is 1. The van der Waals surface area contributed by atoms with Crippen molar-refractivity contribution in [3.63, 3.8) is 0 Å². The number of fused-ring (bicyclic) bond motifs is 1. The highest BCUT2D eigenvalue weighted by molar-refractivity contribution is 6.38. The third-order valence-corrected chi connectivity index (χ3v) is 5.82. The van der Waals surface area contributed by atoms with E-state index in [0.717, 1.165) is 28.0 Å². The van der Waals surface area contributed by atoms with Crippen LogP contribution in [0.4, 0.5) is 5.69 Å². The predicted molar refractivity (Wildman–Crippen MR) is 129 cm³/mol. The van der Waals surface area contributed by atoms with Crippen LogP contribution in [0.1, 0.15) is 47.8 Å². The summed E-state index contributed by atoms with van der Waals surface area (Å²) in [5, 5.41) is 9.98. The first-order valence-corrected chi connectivity index (χ1v) is 10.8. The van der Waals surface area contributed by atoms with Gasteiger partial charge in [0.2, 0.25) is 0 Å². The molecule has 3 aromatic carbocycles. The van der Waals surface area contributed by atoms with Gasteiger partial charge < -0.3 is 10.0 Å². The lowest BCUT2D eigenvalue weighted by Crippen LogP contribution is -2.27. The first-order chi connectivity index (χ1) is 15.2. The number of benzene rings is 3. The fraction of sp³-hybridized carbons (Fsp3) is 0.185. The van der Waals surface area contributed by atoms with E-state index in [0.29, 0.717) is 17.1 Å². The molecular weight excluding hydrogens is 422 g/mol. The molecule has 4 rings (SSSR count). The summed E-state index contributed by atoms with van der Waals surface area (Å²) in [6, 6.07) is 22.0. The maximum absolute atomic E-state index is 13.8. The lowest BCUT2D eigenvalue weighted by atomic mass is 9.78. The summed E-state index contributed by atoms with van der Waals surface area (Å²) in [5.41, 5.74) is 4.95. The molecule has 0 atom stereocenters. The lowest BCUT2D eigenvalue weighted by molar-refractivity contribution is -0.113. The van der Waals surface area contributed by atoms with E-state index in [2.05, 4.69) is 20.8 Å². The Hall–Kier alpha value is -3.37. The number of carbonyl (C=O) groups is 2. The van der Waals surface area contributed by atoms with Gasteiger partial charge in [-0.3, -0.25) is 4.79 Å². The summed E-state index contributed by atoms with van der Waals surface area (Å²) in [6.07, 6.45) is 0. The van der Waals surface area contributed by atoms with Gasteiger partial charge in [-0.05, 0) is 52.4 Å². The van der Waals surface area contributed by atoms with Crippen molar-refractivity contribution in [3.05, 3.63) is 100 Å². The van der Waals surface area contributed by atoms with Gasteiger partial charge >= 0.3 is 5.97 Å². The number of anilines is 1. The molecule has 0 fully saturated rings. The molecule has 162 valence electrons. The van der Waals surface area contributed by atoms with Gasteiger partial charge in [0.05, 0.1) is 23.4 Å². The van der Waals surface area contributed by atoms with Crippen molar-refractivity contribution in [2.24, 2.45) is 5.41 Å². The third-order valence-electron chi connectivity index (χ3n) is 5.57. The molecule has 0 aromatic heterocycles. The minimum atomic E-state index is -0.988. The van der Waals surface area contributed by atoms with Crippen molar-refractivity contribution in [1.29, 1.82) is 0 Å². The Morgan fingerprint density at radius 3 is 2.28 bits per heavy atom. The third kappa shape index (κ3) is 4.06. The maximum Gasteiger partial charge on any atom is 0.335 e. The quantitative estimate of drug-likeness (QED) is 0.463. The molecule has 4 nitrogen and oxygen atoms in total. The Morgan fingerprint density at radius 1 is 0.938 bits per heavy atom. The molecule has 0 unspecified atom stereocenters. The van der Waals surface area contributed by atoms with Crippen LogP contribution in [0, 0.1) is 5.41 Å². The topological polar surface area (TPSA) is 57.6 Å². The first-order valence-electron chi connectivity index (χ1n) is 10.4. The van der Waals surface area contributed by atoms with Crippen LogP contribution >= 0.6 is 11.6 Å². The van der Waals surface area contributed by atoms with Gasteiger partial charge in [0.15, 0.2) is 0 Å². The number of aromatic carboxylic acids is 1. The Labute approximate surface area is 192 Å². The average Bonchev–Trinajstić information content (AvgIpc) is 3.01. The number of carbonyl (C=O) groups excluding carboxylic acids is 1. The first kappa shape index (κ1) is 21.8. The zero-order chi connectivity index (χ0) is 23.0. The molecule has 1 aliphatic heterocycles. The normalized spacial score (nSPS) is 15.0. The monoisotopic (exact) mass is 445 g/mol. The summed E-state index contributed by atoms with van der Waals surface area (Å²) >= 11 is 6.12. The second-order valence-electron chi connectivity index (χ2n) is 8.92. The molecule has 0 bridgehead atoms. The molecule has 1 aliphatic rings. The largest absolute Gasteiger partial charge is 0.478 e. The van der Waals surface area contributed by atoms with Crippen LogP contribution in [0.2, 0.25) is 5.02 Å². The number of halogens is 1. The van der Waals surface area contributed by atoms with Crippen molar-refractivity contribution >= 4 is 40.3 Å². The van der Waals surface area contributed by atoms with Gasteiger partial charge in [-0.25, -0.2) is 4.79 Å². The van der Waals surface area contributed by atoms with E-state index in [1.165, 1.54) is 0 Å². The van der Waals surface area contributed by atoms with Gasteiger partial charge in [-0.1, -0.05) is 74.8 Å². The Morgan fingerprint density at radius 2 is 1.62 bits per heavy atom. The average molecular weight is 446 g/mol. The van der Waals surface area contributed by atoms with Crippen LogP contribution in [-0.4, -0.2) is 17.0 Å². The number of rotatable bonds is 4. The van der Waals surface area contributed by atoms with E-state index in [-0.39, 0.29) is 16.9 Å². The van der Waals surface area contributed by atoms with Crippen molar-refractivity contribution in [2.75, 3.05) is 4.90 Å². The molecule has 1 amide bonds. The van der Waals surface area contributed by atoms with E-state index in [1.807, 2.05) is 54.6 Å². The number of carboxylic acid groups (broad SMARTS) is 1. The van der Waals surface area contributed by atoms with E-state index in [1.54, 1.807) is 23.1 Å². The number of hydrogen-bond donors (Lipinski definition) is 1. The van der Waals surface area contributed by atoms with Gasteiger partial charge in [0, 0.05) is 10.6 Å². The smallest absolute Gasteiger partial charge is 0.335 e. The second kappa shape index (κ2) is 8.29. The van der Waals surface area contributed by atoms with Crippen LogP contribution in [0.3, 0.4) is 0 Å². The van der Waals surface area contributed by atoms with E-state index < -0.39 is 5.97 Å². The summed E-state index contributed by atoms with van der Waals surface area (Å²) in [6.45, 7) is 6.58. The van der Waals surface area contributed by atoms with Gasteiger partial charge in [-0.15, -0.1) is 0 Å². The van der Waals surface area contributed by atoms with E-state index in [4.69, 9.17) is 11.6 Å². The maximum atomic E-state index is 13.8. The zero-order valence-electron chi connectivity index (χ0n) is 18.2. The SMILES string of the molecule is CC(C)(C)C(=C1C(=O)N(Cc2cccc(C(=O)O)c2)c2ccccc21)c1ccc(Cl)cc1. The number of nitrogens with zero attached hydrogens (tertiary/aromatic N) is 1. The van der Waals surface area contributed by atoms with Gasteiger partial charge in [0.1, 0.15) is 0 Å². The lowest BCUT2D eigenvalue weighted by Gasteiger charge is -2.26. The van der Waals surface area contributed by atoms with Gasteiger partial charge in [-0.2, -0.15) is 0 Å². The molecule has 0 saturated carbocycles. The highest BCUT2D eigenvalue weighted by atomic mass is 35.5. The molecule has 3 aromatic rings. The summed E-state index contributed by atoms with van der Waals surface area (Å²) in [7, 11) is 0. The van der Waals surface area contributed by atoms with E-state index in [9.17, 15) is 14.7 Å². The standard InChI is InChI=1S/C27H24ClNO3/c1-27(2,3)24(18-11-13-20(28)14-12-18)23-21-9-4-5-10-22(21)29(25(23)30)16-17-7-6-8-19(15-17)26(31)32/h4-15H,16H2,1-3H3,(H,31,32). The molecule has 0 saturated heterocycles. The van der Waals surface area contributed by atoms with Crippen LogP contribution in [-0.2, 0) is 11.3 Å². The minimum absolute atomic E-state index is 0.0909. The van der Waals surface area contributed by atoms with Crippen LogP contribution in [0.15, 0.2) is 72.8 Å². The van der Waals surface area contributed by atoms with Crippen LogP contribution in [0.5, 0.6) is 0 Å². The van der Waals surface area contributed by atoms with Crippen molar-refractivity contribution < 1.29 is 14.7 Å². The molecular formula is C27H24ClNO3. The zero-order valence-corrected chi connectivity index (χ0v) is 19.0. The molecule has 0 spiro atoms. The Bertz CT molecular complexity index is 1240. The Kier molecular flexibility index (Phi) is 5.66. The molecule has 5 heteroatoms. The highest BCUT2D eigenvalue weighted by Gasteiger charge is 2.37. The van der Waals surface area contributed by atoms with Crippen LogP contribution < -0.4 is 4.90 Å². The van der Waals surface area contributed by atoms with Crippen molar-refractivity contribution in [2.45, 2.75) is 27.3 Å². The molecule has 0 aliphatic carbocycles. The molecule has 1 heterocycles. The molecule has 1 N–H and O–H groups in total. The number of para-hydroxylation sites is 1. The summed E-state index contributed by atoms with van der Waals surface area (Å²) in [5.74, 6) is -1.08. The number of carboxylic acids is 1. The molecule has 0 radical (unpaired) electrons. The van der Waals surface area contributed by atoms with Crippen molar-refractivity contribution in [1.82, 2.24) is 0 Å². The Balaban J connectivity index is 1.87. The van der Waals surface area contributed by atoms with E-state index >= 15 is 0 Å². The number of hydrogen-bond acceptors (Lipinski definition) is 2. The minimum Gasteiger partial charge on any atom is -0.478 e. The highest BCUT2D eigenvalue weighted by Crippen LogP contribution is 2.47. The number of allylic oxidation sites excluding steroid dienone is 1. The summed E-state index contributed by atoms with van der Waals surface area (Å²) in [4.78, 5) is 27.0. The molecule has 32 heavy (non-hydrogen) atoms. The summed E-state index contributed by atoms with van der Waals surface area (Å²) < 4.78 is 0. The second-order valence-corrected chi connectivity index (χ2v) is 9.36. The van der Waals surface area contributed by atoms with Gasteiger partial charge in [0.25, 0.3) is 5.91 Å². The van der Waals surface area contributed by atoms with Crippen molar-refractivity contribution in [3.8, 4) is 0 Å².